The Hall–Kier alpha value is -0.730. The first-order valence-corrected chi connectivity index (χ1v) is 16.5. The maximum Gasteiger partial charge on any atom is 1.00 e. The summed E-state index contributed by atoms with van der Waals surface area (Å²) in [6, 6.07) is -0.814. The number of hydrogen-bond acceptors (Lipinski definition) is 9. The van der Waals surface area contributed by atoms with Crippen molar-refractivity contribution >= 4 is 49.9 Å². The summed E-state index contributed by atoms with van der Waals surface area (Å²) in [6.07, 6.45) is 7.81. The molecule has 0 rings (SSSR count). The van der Waals surface area contributed by atoms with E-state index in [0.717, 1.165) is 51.4 Å². The molecule has 0 aromatic carbocycles. The number of nitrogens with one attached hydrogen (secondary N) is 1. The van der Waals surface area contributed by atoms with Crippen LogP contribution in [0, 0.1) is 11.8 Å². The number of alkyl halides is 1. The molecule has 3 atom stereocenters. The summed E-state index contributed by atoms with van der Waals surface area (Å²) in [7, 11) is -5.01. The van der Waals surface area contributed by atoms with Gasteiger partial charge in [0.05, 0.1) is 19.6 Å². The number of halogens is 1. The Morgan fingerprint density at radius 2 is 1.32 bits per heavy atom. The van der Waals surface area contributed by atoms with Crippen LogP contribution in [-0.2, 0) is 34.0 Å². The minimum Gasteiger partial charge on any atom is -0.747 e. The zero-order valence-corrected chi connectivity index (χ0v) is 30.4. The zero-order chi connectivity index (χ0) is 31.4. The van der Waals surface area contributed by atoms with Crippen molar-refractivity contribution in [2.24, 2.45) is 17.6 Å². The summed E-state index contributed by atoms with van der Waals surface area (Å²) in [4.78, 5) is 45.8. The Bertz CT molecular complexity index is 871. The molecule has 0 spiro atoms. The Labute approximate surface area is 277 Å². The third-order valence-electron chi connectivity index (χ3n) is 6.76. The molecule has 0 aliphatic carbocycles. The molecule has 0 aliphatic heterocycles. The number of carbonyl (C=O) groups excluding carboxylic acids is 4. The summed E-state index contributed by atoms with van der Waals surface area (Å²) in [6.45, 7) is 12.0. The predicted molar refractivity (Wildman–Crippen MR) is 157 cm³/mol. The number of amides is 3. The molecule has 0 heterocycles. The van der Waals surface area contributed by atoms with Crippen molar-refractivity contribution in [3.05, 3.63) is 0 Å². The summed E-state index contributed by atoms with van der Waals surface area (Å²) in [5.74, 6) is -2.12. The van der Waals surface area contributed by atoms with E-state index in [9.17, 15) is 32.1 Å². The van der Waals surface area contributed by atoms with Gasteiger partial charge in [0, 0.05) is 0 Å². The second kappa shape index (κ2) is 24.7. The van der Waals surface area contributed by atoms with Crippen LogP contribution >= 0.6 is 15.9 Å². The van der Waals surface area contributed by atoms with E-state index in [2.05, 4.69) is 29.8 Å². The number of unbranched alkanes of at least 4 members (excludes halogenated alkanes) is 2. The van der Waals surface area contributed by atoms with E-state index in [-0.39, 0.29) is 60.5 Å². The van der Waals surface area contributed by atoms with Crippen LogP contribution in [0.2, 0.25) is 0 Å². The summed E-state index contributed by atoms with van der Waals surface area (Å²) < 4.78 is 43.9. The normalized spacial score (nSPS) is 13.4. The predicted octanol–water partition coefficient (Wildman–Crippen LogP) is 1.95. The van der Waals surface area contributed by atoms with Gasteiger partial charge in [-0.3, -0.25) is 19.7 Å². The third kappa shape index (κ3) is 20.8. The number of esters is 2. The first-order valence-electron chi connectivity index (χ1n) is 14.2. The molecule has 3 N–H and O–H groups in total. The molecule has 0 saturated carbocycles. The molecule has 3 unspecified atom stereocenters. The van der Waals surface area contributed by atoms with Crippen molar-refractivity contribution in [1.82, 2.24) is 5.32 Å². The maximum absolute atomic E-state index is 12.1. The van der Waals surface area contributed by atoms with Crippen molar-refractivity contribution in [2.45, 2.75) is 122 Å². The molecule has 0 saturated heterocycles. The minimum absolute atomic E-state index is 0. The molecule has 0 aromatic rings. The largest absolute Gasteiger partial charge is 1.00 e. The van der Waals surface area contributed by atoms with Crippen LogP contribution in [0.1, 0.15) is 112 Å². The fraction of sp³-hybridized carbons (Fsp3) is 0.852. The SMILES string of the molecule is CCC(Br)(CC)C(=O)NC(N)=O.CCCCC(CC)COC(=O)CC(C(=O)OCC(CC)CCCC)S(=O)(=O)[O-].[Na+]. The van der Waals surface area contributed by atoms with Crippen molar-refractivity contribution in [2.75, 3.05) is 13.2 Å². The molecule has 3 amide bonds. The van der Waals surface area contributed by atoms with Crippen LogP contribution in [0.3, 0.4) is 0 Å². The molecule has 41 heavy (non-hydrogen) atoms. The van der Waals surface area contributed by atoms with Crippen molar-refractivity contribution in [3.8, 4) is 0 Å². The van der Waals surface area contributed by atoms with E-state index in [1.807, 2.05) is 33.0 Å². The Balaban J connectivity index is -0.000000933. The molecule has 0 aromatic heterocycles. The maximum atomic E-state index is 12.1. The molecule has 0 bridgehead atoms. The monoisotopic (exact) mass is 680 g/mol. The van der Waals surface area contributed by atoms with Crippen LogP contribution in [-0.4, -0.2) is 59.6 Å². The summed E-state index contributed by atoms with van der Waals surface area (Å²) >= 11 is 3.26. The summed E-state index contributed by atoms with van der Waals surface area (Å²) in [5.41, 5.74) is 4.81. The average molecular weight is 682 g/mol. The molecule has 0 radical (unpaired) electrons. The number of urea groups is 1. The van der Waals surface area contributed by atoms with Gasteiger partial charge in [-0.05, 0) is 37.5 Å². The van der Waals surface area contributed by atoms with Gasteiger partial charge in [0.2, 0.25) is 5.91 Å². The smallest absolute Gasteiger partial charge is 0.747 e. The topological polar surface area (TPSA) is 182 Å². The molecule has 236 valence electrons. The Morgan fingerprint density at radius 1 is 0.878 bits per heavy atom. The van der Waals surface area contributed by atoms with E-state index >= 15 is 0 Å². The molecule has 11 nitrogen and oxygen atoms in total. The van der Waals surface area contributed by atoms with Crippen molar-refractivity contribution in [1.29, 1.82) is 0 Å². The number of nitrogens with two attached hydrogens (primary N) is 1. The second-order valence-electron chi connectivity index (χ2n) is 9.82. The van der Waals surface area contributed by atoms with E-state index in [1.165, 1.54) is 0 Å². The Kier molecular flexibility index (Phi) is 26.9. The number of hydrogen-bond donors (Lipinski definition) is 2. The fourth-order valence-electron chi connectivity index (χ4n) is 3.61. The number of rotatable bonds is 19. The van der Waals surface area contributed by atoms with Gasteiger partial charge in [0.25, 0.3) is 0 Å². The third-order valence-corrected chi connectivity index (χ3v) is 9.29. The van der Waals surface area contributed by atoms with Gasteiger partial charge in [-0.15, -0.1) is 0 Å². The van der Waals surface area contributed by atoms with Gasteiger partial charge in [0.15, 0.2) is 5.25 Å². The van der Waals surface area contributed by atoms with Crippen LogP contribution in [0.15, 0.2) is 0 Å². The number of carbonyl (C=O) groups is 4. The zero-order valence-electron chi connectivity index (χ0n) is 26.0. The minimum atomic E-state index is -5.01. The van der Waals surface area contributed by atoms with Crippen molar-refractivity contribution < 1.29 is 71.2 Å². The number of imide groups is 1. The number of ether oxygens (including phenoxy) is 2. The van der Waals surface area contributed by atoms with Crippen LogP contribution in [0.4, 0.5) is 4.79 Å². The van der Waals surface area contributed by atoms with Gasteiger partial charge in [-0.1, -0.05) is 96.0 Å². The molecular formula is C27H50BrN2NaO9S. The van der Waals surface area contributed by atoms with Crippen molar-refractivity contribution in [3.63, 3.8) is 0 Å². The molecule has 14 heteroatoms. The first-order chi connectivity index (χ1) is 18.6. The number of primary amides is 1. The van der Waals surface area contributed by atoms with Gasteiger partial charge in [-0.2, -0.15) is 0 Å². The second-order valence-corrected chi connectivity index (χ2v) is 12.9. The average Bonchev–Trinajstić information content (AvgIpc) is 2.90. The van der Waals surface area contributed by atoms with E-state index in [0.29, 0.717) is 12.8 Å². The van der Waals surface area contributed by atoms with Crippen LogP contribution in [0.5, 0.6) is 0 Å². The quantitative estimate of drug-likeness (QED) is 0.0891. The van der Waals surface area contributed by atoms with Gasteiger partial charge in [0.1, 0.15) is 14.4 Å². The molecule has 0 fully saturated rings. The van der Waals surface area contributed by atoms with Gasteiger partial charge in [-0.25, -0.2) is 13.2 Å². The first kappa shape index (κ1) is 44.7. The van der Waals surface area contributed by atoms with Gasteiger partial charge < -0.3 is 19.8 Å². The van der Waals surface area contributed by atoms with Gasteiger partial charge >= 0.3 is 47.5 Å². The fourth-order valence-corrected chi connectivity index (χ4v) is 4.35. The summed E-state index contributed by atoms with van der Waals surface area (Å²) in [5, 5.41) is -0.0178. The molecular weight excluding hydrogens is 631 g/mol. The van der Waals surface area contributed by atoms with E-state index in [4.69, 9.17) is 15.2 Å². The standard InChI is InChI=1S/C20H38O7S.C7H13BrN2O2.Na/c1-5-9-11-16(7-3)14-26-19(21)13-18(28(23,24)25)20(22)27-15-17(8-4)12-10-6-2;1-3-7(8,4-2)5(11)10-6(9)12;/h16-18H,5-15H2,1-4H3,(H,23,24,25);3-4H2,1-2H3,(H3,9,10,11,12);/q;;+1/p-1. The van der Waals surface area contributed by atoms with Crippen LogP contribution in [0.25, 0.3) is 0 Å². The van der Waals surface area contributed by atoms with E-state index in [1.54, 1.807) is 0 Å². The van der Waals surface area contributed by atoms with E-state index < -0.39 is 44.1 Å². The van der Waals surface area contributed by atoms with Crippen LogP contribution < -0.4 is 40.6 Å². The Morgan fingerprint density at radius 3 is 1.66 bits per heavy atom. The molecule has 0 aliphatic rings.